The highest BCUT2D eigenvalue weighted by Crippen LogP contribution is 2.48. The molecule has 0 aromatic rings. The summed E-state index contributed by atoms with van der Waals surface area (Å²) in [5, 5.41) is 0. The fourth-order valence-corrected chi connectivity index (χ4v) is 2.72. The van der Waals surface area contributed by atoms with Crippen molar-refractivity contribution in [2.45, 2.75) is 66.6 Å². The van der Waals surface area contributed by atoms with Crippen molar-refractivity contribution >= 4 is 17.5 Å². The molecule has 2 heteroatoms. The lowest BCUT2D eigenvalue weighted by molar-refractivity contribution is -0.138. The Balaban J connectivity index is 5.36. The van der Waals surface area contributed by atoms with Crippen molar-refractivity contribution < 1.29 is 4.79 Å². The minimum Gasteiger partial charge on any atom is -0.299 e. The van der Waals surface area contributed by atoms with E-state index in [0.717, 1.165) is 6.42 Å². The van der Waals surface area contributed by atoms with Crippen molar-refractivity contribution in [1.82, 2.24) is 0 Å². The van der Waals surface area contributed by atoms with Crippen molar-refractivity contribution in [3.8, 4) is 0 Å². The van der Waals surface area contributed by atoms with E-state index in [4.69, 9.17) is 0 Å². The second-order valence-corrected chi connectivity index (χ2v) is 8.76. The molecule has 0 aliphatic heterocycles. The molecule has 0 aliphatic rings. The fraction of sp³-hybridized carbons (Fsp3) is 0.933. The highest BCUT2D eigenvalue weighted by atomic mass is 32.2. The van der Waals surface area contributed by atoms with Crippen LogP contribution in [0.4, 0.5) is 0 Å². The Labute approximate surface area is 112 Å². The standard InChI is InChI=1S/C15H30OS/c1-11(2)12(16)15(8,13(3,4)5)10-14(6,7)17-9/h11H,10H2,1-9H3. The van der Waals surface area contributed by atoms with Gasteiger partial charge < -0.3 is 0 Å². The molecule has 17 heavy (non-hydrogen) atoms. The van der Waals surface area contributed by atoms with Gasteiger partial charge in [0, 0.05) is 16.1 Å². The molecule has 102 valence electrons. The molecule has 0 aromatic carbocycles. The Hall–Kier alpha value is 0.0200. The summed E-state index contributed by atoms with van der Waals surface area (Å²) in [5.74, 6) is 0.504. The van der Waals surface area contributed by atoms with Gasteiger partial charge in [-0.15, -0.1) is 0 Å². The smallest absolute Gasteiger partial charge is 0.141 e. The first-order chi connectivity index (χ1) is 7.37. The minimum absolute atomic E-state index is 0.00134. The summed E-state index contributed by atoms with van der Waals surface area (Å²) in [6.07, 6.45) is 3.06. The number of carbonyl (C=O) groups excluding carboxylic acids is 1. The van der Waals surface area contributed by atoms with Crippen LogP contribution in [0.3, 0.4) is 0 Å². The molecule has 0 bridgehead atoms. The third-order valence-electron chi connectivity index (χ3n) is 4.06. The highest BCUT2D eigenvalue weighted by Gasteiger charge is 2.47. The molecule has 0 saturated heterocycles. The number of hydrogen-bond donors (Lipinski definition) is 0. The lowest BCUT2D eigenvalue weighted by Crippen LogP contribution is -2.46. The van der Waals surface area contributed by atoms with Gasteiger partial charge in [-0.3, -0.25) is 4.79 Å². The van der Waals surface area contributed by atoms with Crippen LogP contribution in [0, 0.1) is 16.7 Å². The number of Topliss-reactive ketones (excluding diaryl/α,β-unsaturated/α-hetero) is 1. The number of hydrogen-bond acceptors (Lipinski definition) is 2. The van der Waals surface area contributed by atoms with Gasteiger partial charge in [0.15, 0.2) is 0 Å². The van der Waals surface area contributed by atoms with Crippen LogP contribution in [-0.2, 0) is 4.79 Å². The second kappa shape index (κ2) is 5.34. The molecular formula is C15H30OS. The largest absolute Gasteiger partial charge is 0.299 e. The van der Waals surface area contributed by atoms with E-state index in [1.807, 2.05) is 25.6 Å². The zero-order valence-corrected chi connectivity index (χ0v) is 13.9. The molecule has 0 N–H and O–H groups in total. The zero-order valence-electron chi connectivity index (χ0n) is 13.1. The number of thioether (sulfide) groups is 1. The van der Waals surface area contributed by atoms with E-state index in [1.54, 1.807) is 0 Å². The Kier molecular flexibility index (Phi) is 5.34. The first-order valence-electron chi connectivity index (χ1n) is 6.47. The van der Waals surface area contributed by atoms with Gasteiger partial charge in [-0.25, -0.2) is 0 Å². The van der Waals surface area contributed by atoms with Crippen molar-refractivity contribution in [2.24, 2.45) is 16.7 Å². The third kappa shape index (κ3) is 4.01. The Morgan fingerprint density at radius 2 is 1.47 bits per heavy atom. The van der Waals surface area contributed by atoms with Gasteiger partial charge in [0.05, 0.1) is 0 Å². The summed E-state index contributed by atoms with van der Waals surface area (Å²) in [7, 11) is 0. The third-order valence-corrected chi connectivity index (χ3v) is 5.30. The molecular weight excluding hydrogens is 228 g/mol. The average Bonchev–Trinajstić information content (AvgIpc) is 2.14. The van der Waals surface area contributed by atoms with Crippen LogP contribution < -0.4 is 0 Å². The molecule has 0 heterocycles. The first-order valence-corrected chi connectivity index (χ1v) is 7.69. The van der Waals surface area contributed by atoms with Crippen LogP contribution >= 0.6 is 11.8 Å². The number of carbonyl (C=O) groups is 1. The van der Waals surface area contributed by atoms with E-state index >= 15 is 0 Å². The van der Waals surface area contributed by atoms with Gasteiger partial charge in [-0.2, -0.15) is 11.8 Å². The maximum atomic E-state index is 12.6. The second-order valence-electron chi connectivity index (χ2n) is 7.24. The normalized spacial score (nSPS) is 17.1. The molecule has 0 spiro atoms. The minimum atomic E-state index is -0.256. The SMILES string of the molecule is CSC(C)(C)CC(C)(C(=O)C(C)C)C(C)(C)C. The predicted molar refractivity (Wildman–Crippen MR) is 79.6 cm³/mol. The van der Waals surface area contributed by atoms with Gasteiger partial charge in [-0.1, -0.05) is 55.4 Å². The van der Waals surface area contributed by atoms with E-state index < -0.39 is 0 Å². The van der Waals surface area contributed by atoms with Crippen LogP contribution in [0.25, 0.3) is 0 Å². The van der Waals surface area contributed by atoms with Gasteiger partial charge in [0.1, 0.15) is 5.78 Å². The molecule has 0 rings (SSSR count). The monoisotopic (exact) mass is 258 g/mol. The van der Waals surface area contributed by atoms with Crippen LogP contribution in [0.1, 0.15) is 61.8 Å². The predicted octanol–water partition coefficient (Wildman–Crippen LogP) is 4.80. The summed E-state index contributed by atoms with van der Waals surface area (Å²) in [4.78, 5) is 12.6. The Morgan fingerprint density at radius 1 is 1.06 bits per heavy atom. The molecule has 0 saturated carbocycles. The Morgan fingerprint density at radius 3 is 1.71 bits per heavy atom. The van der Waals surface area contributed by atoms with Crippen molar-refractivity contribution in [1.29, 1.82) is 0 Å². The fourth-order valence-electron chi connectivity index (χ4n) is 2.28. The topological polar surface area (TPSA) is 17.1 Å². The highest BCUT2D eigenvalue weighted by molar-refractivity contribution is 7.99. The summed E-state index contributed by atoms with van der Waals surface area (Å²) >= 11 is 1.85. The summed E-state index contributed by atoms with van der Waals surface area (Å²) in [6, 6.07) is 0. The molecule has 0 fully saturated rings. The molecule has 1 unspecified atom stereocenters. The zero-order chi connectivity index (χ0) is 14.1. The summed E-state index contributed by atoms with van der Waals surface area (Å²) in [5.41, 5.74) is -0.255. The molecule has 0 aromatic heterocycles. The van der Waals surface area contributed by atoms with Crippen molar-refractivity contribution in [3.63, 3.8) is 0 Å². The molecule has 0 aliphatic carbocycles. The van der Waals surface area contributed by atoms with Gasteiger partial charge in [0.25, 0.3) is 0 Å². The maximum absolute atomic E-state index is 12.6. The molecule has 0 amide bonds. The van der Waals surface area contributed by atoms with E-state index in [1.165, 1.54) is 0 Å². The average molecular weight is 258 g/mol. The van der Waals surface area contributed by atoms with Crippen LogP contribution in [0.15, 0.2) is 0 Å². The van der Waals surface area contributed by atoms with Crippen LogP contribution in [0.2, 0.25) is 0 Å². The van der Waals surface area contributed by atoms with Crippen molar-refractivity contribution in [2.75, 3.05) is 6.26 Å². The van der Waals surface area contributed by atoms with E-state index in [9.17, 15) is 4.79 Å². The van der Waals surface area contributed by atoms with E-state index in [2.05, 4.69) is 47.8 Å². The molecule has 1 nitrogen and oxygen atoms in total. The van der Waals surface area contributed by atoms with E-state index in [-0.39, 0.29) is 21.5 Å². The maximum Gasteiger partial charge on any atom is 0.141 e. The van der Waals surface area contributed by atoms with Gasteiger partial charge in [-0.05, 0) is 18.1 Å². The van der Waals surface area contributed by atoms with Crippen LogP contribution in [-0.4, -0.2) is 16.8 Å². The summed E-state index contributed by atoms with van der Waals surface area (Å²) < 4.78 is 0.145. The molecule has 1 atom stereocenters. The van der Waals surface area contributed by atoms with E-state index in [0.29, 0.717) is 5.78 Å². The number of ketones is 1. The van der Waals surface area contributed by atoms with Gasteiger partial charge >= 0.3 is 0 Å². The van der Waals surface area contributed by atoms with Crippen molar-refractivity contribution in [3.05, 3.63) is 0 Å². The Bertz CT molecular complexity index is 273. The lowest BCUT2D eigenvalue weighted by Gasteiger charge is -2.45. The summed E-state index contributed by atoms with van der Waals surface area (Å²) in [6.45, 7) is 17.2. The first kappa shape index (κ1) is 17.0. The lowest BCUT2D eigenvalue weighted by atomic mass is 9.60. The van der Waals surface area contributed by atoms with Crippen LogP contribution in [0.5, 0.6) is 0 Å². The quantitative estimate of drug-likeness (QED) is 0.705. The van der Waals surface area contributed by atoms with Gasteiger partial charge in [0.2, 0.25) is 0 Å². The molecule has 0 radical (unpaired) electrons. The number of rotatable bonds is 5.